The van der Waals surface area contributed by atoms with Crippen molar-refractivity contribution >= 4 is 11.7 Å². The van der Waals surface area contributed by atoms with Crippen molar-refractivity contribution < 1.29 is 23.8 Å². The standard InChI is InChI=1S/C18H17NO5/c1-21-13-5-3-12(4-6-13)18(20)24-19-16-9-10-23-17-11-14(22-2)7-8-15(16)17/h3-8,11H,9-10H2,1-2H3/b19-16+. The van der Waals surface area contributed by atoms with Crippen LogP contribution in [0.5, 0.6) is 17.2 Å². The molecule has 0 amide bonds. The highest BCUT2D eigenvalue weighted by atomic mass is 16.7. The van der Waals surface area contributed by atoms with E-state index < -0.39 is 5.97 Å². The van der Waals surface area contributed by atoms with E-state index in [0.29, 0.717) is 41.6 Å². The predicted octanol–water partition coefficient (Wildman–Crippen LogP) is 3.05. The number of hydrogen-bond acceptors (Lipinski definition) is 6. The number of carbonyl (C=O) groups is 1. The highest BCUT2D eigenvalue weighted by Crippen LogP contribution is 2.29. The Labute approximate surface area is 139 Å². The molecular weight excluding hydrogens is 310 g/mol. The fraction of sp³-hybridized carbons (Fsp3) is 0.222. The van der Waals surface area contributed by atoms with E-state index in [1.165, 1.54) is 0 Å². The van der Waals surface area contributed by atoms with Gasteiger partial charge in [-0.3, -0.25) is 0 Å². The van der Waals surface area contributed by atoms with Crippen LogP contribution in [0.25, 0.3) is 0 Å². The highest BCUT2D eigenvalue weighted by Gasteiger charge is 2.19. The van der Waals surface area contributed by atoms with Crippen molar-refractivity contribution in [1.29, 1.82) is 0 Å². The van der Waals surface area contributed by atoms with E-state index in [2.05, 4.69) is 5.16 Å². The Kier molecular flexibility index (Phi) is 4.65. The summed E-state index contributed by atoms with van der Waals surface area (Å²) in [6.45, 7) is 0.471. The molecule has 1 heterocycles. The molecule has 0 bridgehead atoms. The predicted molar refractivity (Wildman–Crippen MR) is 88.1 cm³/mol. The summed E-state index contributed by atoms with van der Waals surface area (Å²) in [4.78, 5) is 17.2. The summed E-state index contributed by atoms with van der Waals surface area (Å²) in [7, 11) is 3.16. The van der Waals surface area contributed by atoms with Gasteiger partial charge in [-0.25, -0.2) is 4.79 Å². The molecule has 124 valence electrons. The van der Waals surface area contributed by atoms with E-state index in [4.69, 9.17) is 19.0 Å². The van der Waals surface area contributed by atoms with Crippen LogP contribution < -0.4 is 14.2 Å². The third-order valence-electron chi connectivity index (χ3n) is 3.66. The van der Waals surface area contributed by atoms with E-state index in [1.54, 1.807) is 44.6 Å². The summed E-state index contributed by atoms with van der Waals surface area (Å²) < 4.78 is 15.8. The Morgan fingerprint density at radius 2 is 1.75 bits per heavy atom. The Bertz CT molecular complexity index is 767. The van der Waals surface area contributed by atoms with Crippen LogP contribution in [-0.2, 0) is 4.84 Å². The molecule has 0 saturated carbocycles. The number of methoxy groups -OCH3 is 2. The van der Waals surface area contributed by atoms with E-state index in [-0.39, 0.29) is 0 Å². The number of oxime groups is 1. The van der Waals surface area contributed by atoms with Gasteiger partial charge in [0.05, 0.1) is 32.1 Å². The molecule has 0 atom stereocenters. The third kappa shape index (κ3) is 3.32. The van der Waals surface area contributed by atoms with Crippen molar-refractivity contribution in [2.45, 2.75) is 6.42 Å². The molecule has 0 N–H and O–H groups in total. The minimum absolute atomic E-state index is 0.405. The van der Waals surface area contributed by atoms with Gasteiger partial charge >= 0.3 is 5.97 Å². The molecule has 0 radical (unpaired) electrons. The van der Waals surface area contributed by atoms with Crippen LogP contribution in [0.3, 0.4) is 0 Å². The molecule has 0 spiro atoms. The second-order valence-electron chi connectivity index (χ2n) is 5.11. The van der Waals surface area contributed by atoms with Crippen LogP contribution in [-0.4, -0.2) is 32.5 Å². The molecule has 0 unspecified atom stereocenters. The van der Waals surface area contributed by atoms with Crippen LogP contribution in [0, 0.1) is 0 Å². The van der Waals surface area contributed by atoms with Crippen molar-refractivity contribution in [3.63, 3.8) is 0 Å². The zero-order chi connectivity index (χ0) is 16.9. The molecule has 2 aromatic carbocycles. The first-order valence-corrected chi connectivity index (χ1v) is 7.44. The van der Waals surface area contributed by atoms with Crippen LogP contribution in [0.4, 0.5) is 0 Å². The zero-order valence-corrected chi connectivity index (χ0v) is 13.4. The maximum atomic E-state index is 12.1. The van der Waals surface area contributed by atoms with Gasteiger partial charge in [0.25, 0.3) is 0 Å². The molecule has 0 fully saturated rings. The number of rotatable bonds is 4. The first-order chi connectivity index (χ1) is 11.7. The molecular formula is C18H17NO5. The van der Waals surface area contributed by atoms with Gasteiger partial charge in [-0.1, -0.05) is 5.16 Å². The third-order valence-corrected chi connectivity index (χ3v) is 3.66. The molecule has 6 nitrogen and oxygen atoms in total. The van der Waals surface area contributed by atoms with Gasteiger partial charge in [-0.05, 0) is 36.4 Å². The van der Waals surface area contributed by atoms with E-state index >= 15 is 0 Å². The summed E-state index contributed by atoms with van der Waals surface area (Å²) >= 11 is 0. The van der Waals surface area contributed by atoms with Gasteiger partial charge in [0, 0.05) is 18.1 Å². The maximum absolute atomic E-state index is 12.1. The Morgan fingerprint density at radius 1 is 1.04 bits per heavy atom. The van der Waals surface area contributed by atoms with Gasteiger partial charge in [-0.15, -0.1) is 0 Å². The molecule has 0 aromatic heterocycles. The number of fused-ring (bicyclic) bond motifs is 1. The maximum Gasteiger partial charge on any atom is 0.365 e. The van der Waals surface area contributed by atoms with Crippen LogP contribution >= 0.6 is 0 Å². The van der Waals surface area contributed by atoms with Crippen molar-refractivity contribution in [3.05, 3.63) is 53.6 Å². The topological polar surface area (TPSA) is 66.4 Å². The highest BCUT2D eigenvalue weighted by molar-refractivity contribution is 6.04. The van der Waals surface area contributed by atoms with Gasteiger partial charge in [0.1, 0.15) is 17.2 Å². The molecule has 24 heavy (non-hydrogen) atoms. The smallest absolute Gasteiger partial charge is 0.365 e. The normalized spacial score (nSPS) is 14.5. The zero-order valence-electron chi connectivity index (χ0n) is 13.4. The summed E-state index contributed by atoms with van der Waals surface area (Å²) in [6.07, 6.45) is 0.565. The fourth-order valence-electron chi connectivity index (χ4n) is 2.35. The lowest BCUT2D eigenvalue weighted by atomic mass is 10.0. The monoisotopic (exact) mass is 327 g/mol. The Hall–Kier alpha value is -3.02. The van der Waals surface area contributed by atoms with Crippen LogP contribution in [0.2, 0.25) is 0 Å². The van der Waals surface area contributed by atoms with Gasteiger partial charge in [-0.2, -0.15) is 0 Å². The molecule has 2 aromatic rings. The molecule has 6 heteroatoms. The molecule has 1 aliphatic heterocycles. The minimum atomic E-state index is -0.522. The Balaban J connectivity index is 1.76. The molecule has 3 rings (SSSR count). The molecule has 1 aliphatic rings. The van der Waals surface area contributed by atoms with Crippen molar-refractivity contribution in [2.75, 3.05) is 20.8 Å². The lowest BCUT2D eigenvalue weighted by Gasteiger charge is -2.19. The van der Waals surface area contributed by atoms with Gasteiger partial charge in [0.2, 0.25) is 0 Å². The van der Waals surface area contributed by atoms with Crippen LogP contribution in [0.15, 0.2) is 47.6 Å². The van der Waals surface area contributed by atoms with E-state index in [9.17, 15) is 4.79 Å². The quantitative estimate of drug-likeness (QED) is 0.638. The second kappa shape index (κ2) is 7.04. The average Bonchev–Trinajstić information content (AvgIpc) is 2.65. The number of ether oxygens (including phenoxy) is 3. The van der Waals surface area contributed by atoms with Gasteiger partial charge < -0.3 is 19.0 Å². The fourth-order valence-corrected chi connectivity index (χ4v) is 2.35. The van der Waals surface area contributed by atoms with Crippen molar-refractivity contribution in [3.8, 4) is 17.2 Å². The van der Waals surface area contributed by atoms with E-state index in [0.717, 1.165) is 5.56 Å². The van der Waals surface area contributed by atoms with Crippen molar-refractivity contribution in [2.24, 2.45) is 5.16 Å². The lowest BCUT2D eigenvalue weighted by molar-refractivity contribution is 0.0514. The summed E-state index contributed by atoms with van der Waals surface area (Å²) in [5.74, 6) is 1.52. The number of benzene rings is 2. The molecule has 0 saturated heterocycles. The first kappa shape index (κ1) is 15.9. The number of nitrogens with zero attached hydrogens (tertiary/aromatic N) is 1. The molecule has 0 aliphatic carbocycles. The summed E-state index contributed by atoms with van der Waals surface area (Å²) in [5.41, 5.74) is 1.87. The lowest BCUT2D eigenvalue weighted by Crippen LogP contribution is -2.17. The minimum Gasteiger partial charge on any atom is -0.497 e. The SMILES string of the molecule is COc1ccc(C(=O)O/N=C2\CCOc3cc(OC)ccc32)cc1. The van der Waals surface area contributed by atoms with Gasteiger partial charge in [0.15, 0.2) is 0 Å². The number of hydrogen-bond donors (Lipinski definition) is 0. The van der Waals surface area contributed by atoms with Crippen molar-refractivity contribution in [1.82, 2.24) is 0 Å². The largest absolute Gasteiger partial charge is 0.497 e. The van der Waals surface area contributed by atoms with Crippen LogP contribution in [0.1, 0.15) is 22.3 Å². The summed E-state index contributed by atoms with van der Waals surface area (Å²) in [6, 6.07) is 12.1. The summed E-state index contributed by atoms with van der Waals surface area (Å²) in [5, 5.41) is 4.01. The second-order valence-corrected chi connectivity index (χ2v) is 5.11. The number of carbonyl (C=O) groups excluding carboxylic acids is 1. The first-order valence-electron chi connectivity index (χ1n) is 7.44. The average molecular weight is 327 g/mol. The van der Waals surface area contributed by atoms with E-state index in [1.807, 2.05) is 12.1 Å². The Morgan fingerprint density at radius 3 is 2.46 bits per heavy atom.